The van der Waals surface area contributed by atoms with Gasteiger partial charge < -0.3 is 40.1 Å². The fourth-order valence-electron chi connectivity index (χ4n) is 3.47. The van der Waals surface area contributed by atoms with E-state index in [1.165, 1.54) is 12.1 Å². The van der Waals surface area contributed by atoms with Crippen LogP contribution in [0.2, 0.25) is 0 Å². The van der Waals surface area contributed by atoms with E-state index >= 15 is 0 Å². The Balaban J connectivity index is 1.57. The van der Waals surface area contributed by atoms with E-state index in [0.29, 0.717) is 11.1 Å². The Hall–Kier alpha value is -5.38. The molecule has 4 aromatic rings. The summed E-state index contributed by atoms with van der Waals surface area (Å²) in [5.74, 6) is -5.76. The highest BCUT2D eigenvalue weighted by Crippen LogP contribution is 2.37. The van der Waals surface area contributed by atoms with Crippen molar-refractivity contribution in [2.75, 3.05) is 0 Å². The molecule has 0 fully saturated rings. The summed E-state index contributed by atoms with van der Waals surface area (Å²) in [7, 11) is 0. The Labute approximate surface area is 209 Å². The van der Waals surface area contributed by atoms with Gasteiger partial charge in [-0.05, 0) is 47.5 Å². The molecule has 0 spiro atoms. The number of hydrogen-bond acceptors (Lipinski definition) is 10. The SMILES string of the molecule is O=C(Oc1ccccc1Cc1ccccc1OC(=O)c1cc(O)c(O)c(O)c1)c1cc(O)c(O)c(O)c1. The molecule has 4 rings (SSSR count). The first-order valence-corrected chi connectivity index (χ1v) is 10.7. The second-order valence-electron chi connectivity index (χ2n) is 7.90. The first-order valence-electron chi connectivity index (χ1n) is 10.7. The van der Waals surface area contributed by atoms with Gasteiger partial charge in [-0.3, -0.25) is 0 Å². The molecule has 0 unspecified atom stereocenters. The van der Waals surface area contributed by atoms with Crippen LogP contribution in [0, 0.1) is 0 Å². The first-order chi connectivity index (χ1) is 17.6. The maximum atomic E-state index is 12.6. The Morgan fingerprint density at radius 3 is 1.22 bits per heavy atom. The van der Waals surface area contributed by atoms with Crippen LogP contribution in [0.1, 0.15) is 31.8 Å². The Morgan fingerprint density at radius 1 is 0.541 bits per heavy atom. The number of rotatable bonds is 6. The molecule has 10 nitrogen and oxygen atoms in total. The molecule has 10 heteroatoms. The molecule has 37 heavy (non-hydrogen) atoms. The highest BCUT2D eigenvalue weighted by atomic mass is 16.5. The fraction of sp³-hybridized carbons (Fsp3) is 0.0370. The van der Waals surface area contributed by atoms with Crippen LogP contribution in [0.3, 0.4) is 0 Å². The number of para-hydroxylation sites is 2. The van der Waals surface area contributed by atoms with E-state index in [4.69, 9.17) is 9.47 Å². The topological polar surface area (TPSA) is 174 Å². The predicted octanol–water partition coefficient (Wildman–Crippen LogP) is 3.95. The van der Waals surface area contributed by atoms with E-state index in [0.717, 1.165) is 24.3 Å². The van der Waals surface area contributed by atoms with Crippen LogP contribution in [-0.2, 0) is 6.42 Å². The maximum absolute atomic E-state index is 12.6. The summed E-state index contributed by atoms with van der Waals surface area (Å²) in [6.07, 6.45) is 0.158. The second-order valence-corrected chi connectivity index (χ2v) is 7.90. The van der Waals surface area contributed by atoms with Crippen LogP contribution >= 0.6 is 0 Å². The van der Waals surface area contributed by atoms with E-state index in [1.807, 2.05) is 0 Å². The third-order valence-electron chi connectivity index (χ3n) is 5.34. The van der Waals surface area contributed by atoms with E-state index in [2.05, 4.69) is 0 Å². The summed E-state index contributed by atoms with van der Waals surface area (Å²) in [6, 6.07) is 16.9. The Morgan fingerprint density at radius 2 is 0.865 bits per heavy atom. The zero-order valence-electron chi connectivity index (χ0n) is 19.0. The lowest BCUT2D eigenvalue weighted by Crippen LogP contribution is -2.11. The van der Waals surface area contributed by atoms with Crippen molar-refractivity contribution in [2.45, 2.75) is 6.42 Å². The third-order valence-corrected chi connectivity index (χ3v) is 5.34. The van der Waals surface area contributed by atoms with Crippen LogP contribution in [0.25, 0.3) is 0 Å². The van der Waals surface area contributed by atoms with Crippen molar-refractivity contribution >= 4 is 11.9 Å². The van der Waals surface area contributed by atoms with Crippen molar-refractivity contribution in [3.05, 3.63) is 95.1 Å². The molecule has 0 aliphatic rings. The highest BCUT2D eigenvalue weighted by molar-refractivity contribution is 5.93. The van der Waals surface area contributed by atoms with Crippen molar-refractivity contribution < 1.29 is 49.7 Å². The molecular formula is C27H20O10. The zero-order chi connectivity index (χ0) is 26.7. The third kappa shape index (κ3) is 5.33. The molecule has 4 aromatic carbocycles. The number of phenolic OH excluding ortho intramolecular Hbond substituents is 6. The molecule has 6 N–H and O–H groups in total. The molecule has 0 aromatic heterocycles. The average molecular weight is 504 g/mol. The largest absolute Gasteiger partial charge is 0.504 e. The van der Waals surface area contributed by atoms with Gasteiger partial charge in [-0.25, -0.2) is 9.59 Å². The summed E-state index contributed by atoms with van der Waals surface area (Å²) in [5, 5.41) is 57.7. The van der Waals surface area contributed by atoms with Gasteiger partial charge in [-0.15, -0.1) is 0 Å². The molecule has 0 saturated carbocycles. The van der Waals surface area contributed by atoms with Crippen molar-refractivity contribution in [2.24, 2.45) is 0 Å². The summed E-state index contributed by atoms with van der Waals surface area (Å²) in [4.78, 5) is 25.3. The fourth-order valence-corrected chi connectivity index (χ4v) is 3.47. The Kier molecular flexibility index (Phi) is 6.74. The summed E-state index contributed by atoms with van der Waals surface area (Å²) < 4.78 is 10.9. The standard InChI is InChI=1S/C27H20O10/c28-18-10-16(11-19(29)24(18)32)26(34)36-22-7-3-1-5-14(22)9-15-6-2-4-8-23(15)37-27(35)17-12-20(30)25(33)21(31)13-17/h1-8,10-13,28-33H,9H2. The quantitative estimate of drug-likeness (QED) is 0.128. The molecule has 188 valence electrons. The number of hydrogen-bond donors (Lipinski definition) is 6. The van der Waals surface area contributed by atoms with Crippen LogP contribution in [-0.4, -0.2) is 42.6 Å². The van der Waals surface area contributed by atoms with Gasteiger partial charge in [0.2, 0.25) is 0 Å². The van der Waals surface area contributed by atoms with Crippen molar-refractivity contribution in [1.82, 2.24) is 0 Å². The number of carbonyl (C=O) groups excluding carboxylic acids is 2. The lowest BCUT2D eigenvalue weighted by molar-refractivity contribution is 0.0725. The molecule has 0 aliphatic carbocycles. The number of aromatic hydroxyl groups is 6. The van der Waals surface area contributed by atoms with Gasteiger partial charge in [-0.1, -0.05) is 36.4 Å². The van der Waals surface area contributed by atoms with Gasteiger partial charge in [0.15, 0.2) is 34.5 Å². The molecule has 0 heterocycles. The van der Waals surface area contributed by atoms with Gasteiger partial charge in [0, 0.05) is 6.42 Å². The van der Waals surface area contributed by atoms with Gasteiger partial charge >= 0.3 is 11.9 Å². The first kappa shape index (κ1) is 24.7. The predicted molar refractivity (Wildman–Crippen MR) is 128 cm³/mol. The van der Waals surface area contributed by atoms with Gasteiger partial charge in [0.05, 0.1) is 11.1 Å². The van der Waals surface area contributed by atoms with Crippen LogP contribution in [0.4, 0.5) is 0 Å². The van der Waals surface area contributed by atoms with Crippen LogP contribution in [0.5, 0.6) is 46.0 Å². The van der Waals surface area contributed by atoms with Gasteiger partial charge in [-0.2, -0.15) is 0 Å². The molecule has 0 atom stereocenters. The van der Waals surface area contributed by atoms with E-state index < -0.39 is 46.4 Å². The van der Waals surface area contributed by atoms with Gasteiger partial charge in [0.1, 0.15) is 11.5 Å². The minimum atomic E-state index is -0.898. The number of benzene rings is 4. The molecule has 0 amide bonds. The molecule has 0 bridgehead atoms. The van der Waals surface area contributed by atoms with Crippen LogP contribution < -0.4 is 9.47 Å². The molecular weight excluding hydrogens is 484 g/mol. The van der Waals surface area contributed by atoms with Crippen molar-refractivity contribution in [1.29, 1.82) is 0 Å². The van der Waals surface area contributed by atoms with Gasteiger partial charge in [0.25, 0.3) is 0 Å². The number of ether oxygens (including phenoxy) is 2. The number of esters is 2. The number of phenols is 6. The van der Waals surface area contributed by atoms with E-state index in [9.17, 15) is 40.2 Å². The monoisotopic (exact) mass is 504 g/mol. The van der Waals surface area contributed by atoms with E-state index in [-0.39, 0.29) is 29.0 Å². The smallest absolute Gasteiger partial charge is 0.343 e. The Bertz CT molecular complexity index is 1350. The highest BCUT2D eigenvalue weighted by Gasteiger charge is 2.19. The van der Waals surface area contributed by atoms with Crippen molar-refractivity contribution in [3.63, 3.8) is 0 Å². The lowest BCUT2D eigenvalue weighted by atomic mass is 10.0. The lowest BCUT2D eigenvalue weighted by Gasteiger charge is -2.14. The zero-order valence-corrected chi connectivity index (χ0v) is 19.0. The average Bonchev–Trinajstić information content (AvgIpc) is 2.87. The summed E-state index contributed by atoms with van der Waals surface area (Å²) in [5.41, 5.74) is 0.674. The summed E-state index contributed by atoms with van der Waals surface area (Å²) in [6.45, 7) is 0. The van der Waals surface area contributed by atoms with Crippen molar-refractivity contribution in [3.8, 4) is 46.0 Å². The number of carbonyl (C=O) groups is 2. The molecule has 0 saturated heterocycles. The molecule has 0 radical (unpaired) electrons. The minimum Gasteiger partial charge on any atom is -0.504 e. The second kappa shape index (κ2) is 10.1. The van der Waals surface area contributed by atoms with E-state index in [1.54, 1.807) is 36.4 Å². The molecule has 0 aliphatic heterocycles. The maximum Gasteiger partial charge on any atom is 0.343 e. The minimum absolute atomic E-state index is 0.158. The summed E-state index contributed by atoms with van der Waals surface area (Å²) >= 11 is 0. The van der Waals surface area contributed by atoms with Crippen LogP contribution in [0.15, 0.2) is 72.8 Å². The normalized spacial score (nSPS) is 10.6.